The van der Waals surface area contributed by atoms with E-state index in [0.717, 1.165) is 36.7 Å². The number of nitrogen functional groups attached to an aromatic ring is 1. The molecule has 0 amide bonds. The van der Waals surface area contributed by atoms with Gasteiger partial charge in [-0.1, -0.05) is 0 Å². The number of nitrogens with zero attached hydrogens (tertiary/aromatic N) is 5. The number of sulfone groups is 1. The summed E-state index contributed by atoms with van der Waals surface area (Å²) in [5.41, 5.74) is 5.88. The topological polar surface area (TPSA) is 160 Å². The SMILES string of the molecule is Nc1c(-c2cnno2)ncc(S(=O)(=O)c2ccc(OC(F)(F)F)cc2)c1-c1cnno1. The molecule has 0 unspecified atom stereocenters. The van der Waals surface area contributed by atoms with Crippen LogP contribution in [0.4, 0.5) is 18.9 Å². The van der Waals surface area contributed by atoms with Gasteiger partial charge >= 0.3 is 6.36 Å². The van der Waals surface area contributed by atoms with Gasteiger partial charge < -0.3 is 19.5 Å². The van der Waals surface area contributed by atoms with Crippen LogP contribution >= 0.6 is 0 Å². The second-order valence-electron chi connectivity index (χ2n) is 5.85. The van der Waals surface area contributed by atoms with Gasteiger partial charge in [-0.15, -0.1) is 23.4 Å². The van der Waals surface area contributed by atoms with Gasteiger partial charge in [-0.25, -0.2) is 13.4 Å². The smallest absolute Gasteiger partial charge is 0.406 e. The van der Waals surface area contributed by atoms with Crippen molar-refractivity contribution in [2.45, 2.75) is 16.2 Å². The van der Waals surface area contributed by atoms with E-state index in [1.165, 1.54) is 6.20 Å². The Morgan fingerprint density at radius 2 is 1.55 bits per heavy atom. The largest absolute Gasteiger partial charge is 0.573 e. The highest BCUT2D eigenvalue weighted by atomic mass is 32.2. The summed E-state index contributed by atoms with van der Waals surface area (Å²) in [7, 11) is -4.32. The zero-order chi connectivity index (χ0) is 22.2. The van der Waals surface area contributed by atoms with E-state index < -0.39 is 26.8 Å². The molecule has 31 heavy (non-hydrogen) atoms. The van der Waals surface area contributed by atoms with Gasteiger partial charge in [0, 0.05) is 16.7 Å². The van der Waals surface area contributed by atoms with Gasteiger partial charge in [0.05, 0.1) is 22.3 Å². The Morgan fingerprint density at radius 3 is 2.10 bits per heavy atom. The monoisotopic (exact) mass is 454 g/mol. The van der Waals surface area contributed by atoms with Crippen molar-refractivity contribution < 1.29 is 35.4 Å². The lowest BCUT2D eigenvalue weighted by Crippen LogP contribution is -2.17. The fraction of sp³-hybridized carbons (Fsp3) is 0.0625. The van der Waals surface area contributed by atoms with E-state index in [4.69, 9.17) is 14.8 Å². The summed E-state index contributed by atoms with van der Waals surface area (Å²) < 4.78 is 77.1. The summed E-state index contributed by atoms with van der Waals surface area (Å²) in [5.74, 6) is -0.620. The molecule has 0 fully saturated rings. The molecule has 4 aromatic rings. The number of nitrogens with two attached hydrogens (primary N) is 1. The molecule has 0 spiro atoms. The Hall–Kier alpha value is -4.01. The third-order valence-corrected chi connectivity index (χ3v) is 5.72. The van der Waals surface area contributed by atoms with Crippen LogP contribution in [0.25, 0.3) is 22.8 Å². The van der Waals surface area contributed by atoms with Crippen LogP contribution in [0.5, 0.6) is 5.75 Å². The zero-order valence-corrected chi connectivity index (χ0v) is 15.8. The molecule has 0 atom stereocenters. The van der Waals surface area contributed by atoms with E-state index in [2.05, 4.69) is 30.5 Å². The van der Waals surface area contributed by atoms with Crippen molar-refractivity contribution in [2.75, 3.05) is 5.73 Å². The number of rotatable bonds is 5. The lowest BCUT2D eigenvalue weighted by atomic mass is 10.1. The summed E-state index contributed by atoms with van der Waals surface area (Å²) in [5, 5.41) is 13.6. The lowest BCUT2D eigenvalue weighted by Gasteiger charge is -2.13. The maximum absolute atomic E-state index is 13.2. The number of hydrogen-bond acceptors (Lipinski definition) is 11. The molecular weight excluding hydrogens is 445 g/mol. The molecule has 0 aliphatic rings. The number of halogens is 3. The van der Waals surface area contributed by atoms with Crippen molar-refractivity contribution in [2.24, 2.45) is 0 Å². The molecule has 4 rings (SSSR count). The van der Waals surface area contributed by atoms with Crippen molar-refractivity contribution in [1.29, 1.82) is 0 Å². The normalized spacial score (nSPS) is 12.1. The number of aromatic nitrogens is 5. The molecule has 0 saturated heterocycles. The van der Waals surface area contributed by atoms with Crippen LogP contribution in [0.15, 0.2) is 61.7 Å². The van der Waals surface area contributed by atoms with E-state index in [1.54, 1.807) is 0 Å². The molecule has 0 aliphatic heterocycles. The molecule has 11 nitrogen and oxygen atoms in total. The highest BCUT2D eigenvalue weighted by molar-refractivity contribution is 7.91. The molecular formula is C16H9F3N6O5S. The first kappa shape index (κ1) is 20.3. The summed E-state index contributed by atoms with van der Waals surface area (Å²) >= 11 is 0. The van der Waals surface area contributed by atoms with Crippen LogP contribution < -0.4 is 10.5 Å². The third kappa shape index (κ3) is 3.89. The number of ether oxygens (including phenoxy) is 1. The predicted molar refractivity (Wildman–Crippen MR) is 93.8 cm³/mol. The van der Waals surface area contributed by atoms with Crippen molar-refractivity contribution >= 4 is 15.5 Å². The molecule has 0 bridgehead atoms. The average molecular weight is 454 g/mol. The van der Waals surface area contributed by atoms with Crippen molar-refractivity contribution in [3.05, 3.63) is 42.9 Å². The highest BCUT2D eigenvalue weighted by Gasteiger charge is 2.32. The maximum Gasteiger partial charge on any atom is 0.573 e. The van der Waals surface area contributed by atoms with E-state index in [0.29, 0.717) is 0 Å². The second kappa shape index (κ2) is 7.35. The molecule has 160 valence electrons. The highest BCUT2D eigenvalue weighted by Crippen LogP contribution is 2.39. The molecule has 0 saturated carbocycles. The van der Waals surface area contributed by atoms with Gasteiger partial charge in [0.2, 0.25) is 15.6 Å². The Kier molecular flexibility index (Phi) is 4.81. The van der Waals surface area contributed by atoms with Gasteiger partial charge in [0.1, 0.15) is 22.5 Å². The minimum Gasteiger partial charge on any atom is -0.406 e. The first-order chi connectivity index (χ1) is 14.7. The van der Waals surface area contributed by atoms with Crippen LogP contribution in [0.3, 0.4) is 0 Å². The van der Waals surface area contributed by atoms with E-state index in [1.807, 2.05) is 0 Å². The fourth-order valence-corrected chi connectivity index (χ4v) is 4.08. The maximum atomic E-state index is 13.2. The van der Waals surface area contributed by atoms with Gasteiger partial charge in [-0.05, 0) is 24.3 Å². The van der Waals surface area contributed by atoms with Crippen LogP contribution in [0.1, 0.15) is 0 Å². The van der Waals surface area contributed by atoms with Crippen LogP contribution in [0.2, 0.25) is 0 Å². The molecule has 0 aliphatic carbocycles. The van der Waals surface area contributed by atoms with Gasteiger partial charge in [0.15, 0.2) is 5.76 Å². The molecule has 2 N–H and O–H groups in total. The number of hydrogen-bond donors (Lipinski definition) is 1. The van der Waals surface area contributed by atoms with E-state index in [9.17, 15) is 21.6 Å². The van der Waals surface area contributed by atoms with Gasteiger partial charge in [-0.2, -0.15) is 0 Å². The quantitative estimate of drug-likeness (QED) is 0.472. The van der Waals surface area contributed by atoms with Gasteiger partial charge in [0.25, 0.3) is 0 Å². The standard InChI is InChI=1S/C16H9F3N6O5S/c17-16(18,19)28-8-1-3-9(4-2-8)31(26,27)12-7-21-15(11-6-23-25-30-11)14(20)13(12)10-5-22-24-29-10/h1-7H,20H2. The van der Waals surface area contributed by atoms with E-state index >= 15 is 0 Å². The predicted octanol–water partition coefficient (Wildman–Crippen LogP) is 2.50. The number of alkyl halides is 3. The molecule has 1 aromatic carbocycles. The fourth-order valence-electron chi connectivity index (χ4n) is 2.66. The van der Waals surface area contributed by atoms with Crippen molar-refractivity contribution in [3.63, 3.8) is 0 Å². The van der Waals surface area contributed by atoms with Gasteiger partial charge in [-0.3, -0.25) is 0 Å². The summed E-state index contributed by atoms with van der Waals surface area (Å²) in [6.07, 6.45) is -1.58. The first-order valence-electron chi connectivity index (χ1n) is 8.11. The molecule has 3 heterocycles. The average Bonchev–Trinajstić information content (AvgIpc) is 3.41. The first-order valence-corrected chi connectivity index (χ1v) is 9.60. The third-order valence-electron chi connectivity index (χ3n) is 3.94. The van der Waals surface area contributed by atoms with Crippen molar-refractivity contribution in [1.82, 2.24) is 25.7 Å². The molecule has 3 aromatic heterocycles. The summed E-state index contributed by atoms with van der Waals surface area (Å²) in [6, 6.07) is 3.62. The Bertz CT molecular complexity index is 1310. The summed E-state index contributed by atoms with van der Waals surface area (Å²) in [6.45, 7) is 0. The van der Waals surface area contributed by atoms with E-state index in [-0.39, 0.29) is 33.4 Å². The Labute approximate surface area is 170 Å². The molecule has 15 heteroatoms. The minimum atomic E-state index is -4.92. The number of anilines is 1. The van der Waals surface area contributed by atoms with Crippen LogP contribution in [-0.4, -0.2) is 40.5 Å². The van der Waals surface area contributed by atoms with Crippen LogP contribution in [0, 0.1) is 0 Å². The number of benzene rings is 1. The molecule has 0 radical (unpaired) electrons. The minimum absolute atomic E-state index is 0.0317. The van der Waals surface area contributed by atoms with Crippen molar-refractivity contribution in [3.8, 4) is 28.5 Å². The zero-order valence-electron chi connectivity index (χ0n) is 14.9. The lowest BCUT2D eigenvalue weighted by molar-refractivity contribution is -0.274. The Morgan fingerprint density at radius 1 is 0.935 bits per heavy atom. The second-order valence-corrected chi connectivity index (χ2v) is 7.76. The number of pyridine rings is 1. The van der Waals surface area contributed by atoms with Crippen LogP contribution in [-0.2, 0) is 9.84 Å². The summed E-state index contributed by atoms with van der Waals surface area (Å²) in [4.78, 5) is 3.27. The Balaban J connectivity index is 1.84.